The van der Waals surface area contributed by atoms with Gasteiger partial charge in [-0.25, -0.2) is 8.78 Å². The lowest BCUT2D eigenvalue weighted by Crippen LogP contribution is -2.70. The summed E-state index contributed by atoms with van der Waals surface area (Å²) in [5.41, 5.74) is -3.96. The molecule has 0 saturated heterocycles. The second kappa shape index (κ2) is 16.0. The van der Waals surface area contributed by atoms with Gasteiger partial charge in [0.15, 0.2) is 5.78 Å². The fourth-order valence-corrected chi connectivity index (χ4v) is 6.02. The van der Waals surface area contributed by atoms with Crippen molar-refractivity contribution in [1.82, 2.24) is 0 Å². The second-order valence-corrected chi connectivity index (χ2v) is 15.1. The van der Waals surface area contributed by atoms with Crippen LogP contribution < -0.4 is 5.32 Å². The number of alkyl halides is 15. The Bertz CT molecular complexity index is 1640. The Labute approximate surface area is 309 Å². The topological polar surface area (TPSA) is 110 Å². The number of ether oxygens (including phenoxy) is 1. The summed E-state index contributed by atoms with van der Waals surface area (Å²) in [7, 11) is 0. The third-order valence-corrected chi connectivity index (χ3v) is 9.73. The number of carbonyl (C=O) groups is 4. The van der Waals surface area contributed by atoms with Crippen LogP contribution in [0.3, 0.4) is 0 Å². The van der Waals surface area contributed by atoms with Crippen LogP contribution in [0.25, 0.3) is 0 Å². The molecule has 320 valence electrons. The quantitative estimate of drug-likeness (QED) is 0.100. The maximum atomic E-state index is 14.7. The number of halogens is 15. The number of esters is 1. The number of amides is 1. The fraction of sp³-hybridized carbons (Fsp3) is 0.706. The summed E-state index contributed by atoms with van der Waals surface area (Å²) < 4.78 is 211. The predicted molar refractivity (Wildman–Crippen MR) is 165 cm³/mol. The Morgan fingerprint density at radius 1 is 0.786 bits per heavy atom. The molecule has 0 aromatic heterocycles. The van der Waals surface area contributed by atoms with Crippen molar-refractivity contribution in [1.29, 1.82) is 0 Å². The highest BCUT2D eigenvalue weighted by Gasteiger charge is 2.89. The van der Waals surface area contributed by atoms with Gasteiger partial charge in [0, 0.05) is 34.9 Å². The first-order valence-electron chi connectivity index (χ1n) is 16.5. The highest BCUT2D eigenvalue weighted by atomic mass is 19.4. The van der Waals surface area contributed by atoms with Gasteiger partial charge in [-0.05, 0) is 50.3 Å². The highest BCUT2D eigenvalue weighted by Crippen LogP contribution is 2.61. The second-order valence-electron chi connectivity index (χ2n) is 15.1. The average Bonchev–Trinajstić information content (AvgIpc) is 3.05. The number of rotatable bonds is 20. The van der Waals surface area contributed by atoms with E-state index in [0.717, 1.165) is 26.3 Å². The van der Waals surface area contributed by atoms with Gasteiger partial charge in [0.05, 0.1) is 12.0 Å². The number of fused-ring (bicyclic) bond motifs is 1. The molecular weight excluding hydrogens is 803 g/mol. The molecule has 0 radical (unpaired) electrons. The van der Waals surface area contributed by atoms with Gasteiger partial charge in [-0.2, -0.15) is 57.1 Å². The lowest BCUT2D eigenvalue weighted by molar-refractivity contribution is -0.427. The number of anilines is 1. The van der Waals surface area contributed by atoms with Crippen LogP contribution in [-0.2, 0) is 25.5 Å². The van der Waals surface area contributed by atoms with Gasteiger partial charge in [-0.15, -0.1) is 0 Å². The zero-order chi connectivity index (χ0) is 43.9. The van der Waals surface area contributed by atoms with Gasteiger partial charge in [0.2, 0.25) is 5.91 Å². The molecule has 2 atom stereocenters. The Hall–Kier alpha value is -3.59. The minimum absolute atomic E-state index is 0.161. The summed E-state index contributed by atoms with van der Waals surface area (Å²) in [5.74, 6) is -47.8. The number of hydrogen-bond donors (Lipinski definition) is 2. The van der Waals surface area contributed by atoms with Crippen LogP contribution in [0.5, 0.6) is 0 Å². The van der Waals surface area contributed by atoms with E-state index in [2.05, 4.69) is 5.32 Å². The van der Waals surface area contributed by atoms with Gasteiger partial charge in [0.1, 0.15) is 18.3 Å². The van der Waals surface area contributed by atoms with Crippen LogP contribution in [0.1, 0.15) is 82.6 Å². The first kappa shape index (κ1) is 48.6. The first-order valence-corrected chi connectivity index (χ1v) is 16.5. The van der Waals surface area contributed by atoms with E-state index in [0.29, 0.717) is 5.56 Å². The molecule has 1 aromatic rings. The Balaban J connectivity index is 2.36. The van der Waals surface area contributed by atoms with Crippen LogP contribution in [0.15, 0.2) is 18.2 Å². The largest absolute Gasteiger partial charge is 0.463 e. The minimum Gasteiger partial charge on any atom is -0.463 e. The van der Waals surface area contributed by atoms with Crippen molar-refractivity contribution in [3.63, 3.8) is 0 Å². The van der Waals surface area contributed by atoms with E-state index >= 15 is 0 Å². The maximum absolute atomic E-state index is 14.7. The number of carbonyl (C=O) groups excluding carboxylic acids is 4. The van der Waals surface area contributed by atoms with Crippen molar-refractivity contribution < 1.29 is 94.9 Å². The molecule has 0 spiro atoms. The van der Waals surface area contributed by atoms with E-state index in [9.17, 15) is 85.0 Å². The number of benzene rings is 1. The summed E-state index contributed by atoms with van der Waals surface area (Å²) in [4.78, 5) is 51.4. The zero-order valence-corrected chi connectivity index (χ0v) is 30.2. The molecule has 0 saturated carbocycles. The van der Waals surface area contributed by atoms with Crippen molar-refractivity contribution in [2.75, 3.05) is 18.5 Å². The molecule has 2 unspecified atom stereocenters. The smallest absolute Gasteiger partial charge is 0.397 e. The van der Waals surface area contributed by atoms with E-state index in [1.165, 1.54) is 26.0 Å². The molecule has 1 aliphatic rings. The first-order chi connectivity index (χ1) is 25.0. The van der Waals surface area contributed by atoms with Crippen molar-refractivity contribution in [2.45, 2.75) is 115 Å². The molecule has 2 N–H and O–H groups in total. The van der Waals surface area contributed by atoms with E-state index in [1.807, 2.05) is 0 Å². The highest BCUT2D eigenvalue weighted by molar-refractivity contribution is 6.08. The van der Waals surface area contributed by atoms with E-state index in [4.69, 9.17) is 9.84 Å². The zero-order valence-electron chi connectivity index (χ0n) is 30.2. The summed E-state index contributed by atoms with van der Waals surface area (Å²) in [6.45, 7) is 4.54. The minimum atomic E-state index is -8.22. The van der Waals surface area contributed by atoms with E-state index < -0.39 is 115 Å². The summed E-state index contributed by atoms with van der Waals surface area (Å²) in [6, 6.07) is 4.58. The molecule has 2 rings (SSSR count). The van der Waals surface area contributed by atoms with Crippen molar-refractivity contribution in [3.8, 4) is 0 Å². The van der Waals surface area contributed by atoms with Gasteiger partial charge in [-0.3, -0.25) is 19.2 Å². The number of aliphatic hydroxyl groups excluding tert-OH is 1. The molecule has 1 aromatic carbocycles. The molecule has 0 bridgehead atoms. The third kappa shape index (κ3) is 9.24. The Morgan fingerprint density at radius 2 is 1.32 bits per heavy atom. The number of nitrogens with one attached hydrogen (secondary N) is 1. The third-order valence-electron chi connectivity index (χ3n) is 9.73. The molecule has 1 amide bonds. The average molecular weight is 842 g/mol. The summed E-state index contributed by atoms with van der Waals surface area (Å²) in [6.07, 6.45) is -18.1. The number of hydrogen-bond acceptors (Lipinski definition) is 6. The SMILES string of the molecule is CC(C)(CC(C)(CCC(C)(C)C(=O)Nc1ccc2c(c1)C(=O)C2)C(=O)OCCO)C(=O)CCC(C(F)(F)F)C(F)(F)C(F)(F)C(F)(F)C(F)(F)C(F)(F)C(F)F. The number of ketones is 2. The molecule has 56 heavy (non-hydrogen) atoms. The van der Waals surface area contributed by atoms with Crippen LogP contribution in [0.2, 0.25) is 0 Å². The Kier molecular flexibility index (Phi) is 13.9. The molecule has 7 nitrogen and oxygen atoms in total. The normalized spacial score (nSPS) is 16.5. The van der Waals surface area contributed by atoms with Crippen LogP contribution in [0, 0.1) is 22.2 Å². The standard InChI is InChI=1S/C34H38F15NO6/c1-26(2,24(54)50-18-7-6-17-14-20(52)19(17)15-18)10-11-28(5,25(55)56-13-12-51)16-27(3,4)22(53)9-8-21(31(41,42)43)29(37,38)32(44,45)34(48,49)33(46,47)30(39,40)23(35)36/h6-7,15,21,23,51H,8-14,16H2,1-5H3,(H,50,54). The Morgan fingerprint density at radius 3 is 1.80 bits per heavy atom. The fourth-order valence-electron chi connectivity index (χ4n) is 6.02. The summed E-state index contributed by atoms with van der Waals surface area (Å²) in [5, 5.41) is 11.7. The monoisotopic (exact) mass is 841 g/mol. The van der Waals surface area contributed by atoms with Gasteiger partial charge in [0.25, 0.3) is 0 Å². The summed E-state index contributed by atoms with van der Waals surface area (Å²) >= 11 is 0. The van der Waals surface area contributed by atoms with Crippen molar-refractivity contribution in [3.05, 3.63) is 29.3 Å². The molecule has 0 fully saturated rings. The number of aliphatic hydroxyl groups is 1. The molecule has 0 aliphatic heterocycles. The van der Waals surface area contributed by atoms with Crippen molar-refractivity contribution in [2.24, 2.45) is 22.2 Å². The lowest BCUT2D eigenvalue weighted by atomic mass is 9.67. The van der Waals surface area contributed by atoms with Crippen molar-refractivity contribution >= 4 is 29.1 Å². The maximum Gasteiger partial charge on any atom is 0.397 e. The van der Waals surface area contributed by atoms with Gasteiger partial charge >= 0.3 is 48.2 Å². The van der Waals surface area contributed by atoms with Crippen LogP contribution in [0.4, 0.5) is 71.5 Å². The van der Waals surface area contributed by atoms with Crippen LogP contribution in [-0.4, -0.2) is 84.0 Å². The van der Waals surface area contributed by atoms with Gasteiger partial charge < -0.3 is 15.2 Å². The predicted octanol–water partition coefficient (Wildman–Crippen LogP) is 9.10. The van der Waals surface area contributed by atoms with Gasteiger partial charge in [-0.1, -0.05) is 33.8 Å². The molecule has 1 aliphatic carbocycles. The molecule has 0 heterocycles. The van der Waals surface area contributed by atoms with Crippen LogP contribution >= 0.6 is 0 Å². The van der Waals surface area contributed by atoms with E-state index in [1.54, 1.807) is 6.07 Å². The molecule has 22 heteroatoms. The number of Topliss-reactive ketones (excluding diaryl/α,β-unsaturated/α-hetero) is 2. The van der Waals surface area contributed by atoms with E-state index in [-0.39, 0.29) is 30.7 Å². The molecular formula is C34H38F15NO6. The lowest BCUT2D eigenvalue weighted by Gasteiger charge is -2.42.